The molecule has 0 amide bonds. The van der Waals surface area contributed by atoms with E-state index in [0.717, 1.165) is 11.9 Å². The van der Waals surface area contributed by atoms with Gasteiger partial charge >= 0.3 is 0 Å². The highest BCUT2D eigenvalue weighted by atomic mass is 32.2. The van der Waals surface area contributed by atoms with Crippen molar-refractivity contribution in [3.63, 3.8) is 0 Å². The molecule has 1 aromatic carbocycles. The minimum absolute atomic E-state index is 0.317. The standard InChI is InChI=1S/C11H19N3O3S/c1-3-17-11-7-9(12)6-10(8-11)13-4-5-14-18(2,15)16/h6-8,13-14H,3-5,12H2,1-2H3. The van der Waals surface area contributed by atoms with Crippen molar-refractivity contribution in [2.75, 3.05) is 37.0 Å². The second-order valence-corrected chi connectivity index (χ2v) is 5.65. The molecule has 0 radical (unpaired) electrons. The third kappa shape index (κ3) is 5.74. The molecule has 1 rings (SSSR count). The van der Waals surface area contributed by atoms with Crippen molar-refractivity contribution in [3.8, 4) is 5.75 Å². The van der Waals surface area contributed by atoms with Gasteiger partial charge in [-0.3, -0.25) is 0 Å². The smallest absolute Gasteiger partial charge is 0.208 e. The van der Waals surface area contributed by atoms with Gasteiger partial charge in [-0.05, 0) is 13.0 Å². The quantitative estimate of drug-likeness (QED) is 0.500. The SMILES string of the molecule is CCOc1cc(N)cc(NCCNS(C)(=O)=O)c1. The highest BCUT2D eigenvalue weighted by Gasteiger charge is 2.01. The van der Waals surface area contributed by atoms with Gasteiger partial charge in [0.15, 0.2) is 0 Å². The molecule has 0 aliphatic rings. The predicted octanol–water partition coefficient (Wildman–Crippen LogP) is 0.629. The van der Waals surface area contributed by atoms with Gasteiger partial charge in [-0.15, -0.1) is 0 Å². The molecule has 0 saturated carbocycles. The molecule has 102 valence electrons. The number of nitrogens with two attached hydrogens (primary N) is 1. The lowest BCUT2D eigenvalue weighted by molar-refractivity contribution is 0.340. The number of rotatable bonds is 7. The van der Waals surface area contributed by atoms with Gasteiger partial charge < -0.3 is 15.8 Å². The second-order valence-electron chi connectivity index (χ2n) is 3.82. The first-order valence-corrected chi connectivity index (χ1v) is 7.51. The van der Waals surface area contributed by atoms with E-state index < -0.39 is 10.0 Å². The summed E-state index contributed by atoms with van der Waals surface area (Å²) in [6.45, 7) is 3.25. The van der Waals surface area contributed by atoms with E-state index >= 15 is 0 Å². The summed E-state index contributed by atoms with van der Waals surface area (Å²) in [6.07, 6.45) is 1.13. The fraction of sp³-hybridized carbons (Fsp3) is 0.455. The zero-order valence-corrected chi connectivity index (χ0v) is 11.4. The van der Waals surface area contributed by atoms with Crippen molar-refractivity contribution in [2.45, 2.75) is 6.92 Å². The van der Waals surface area contributed by atoms with Crippen LogP contribution in [0.2, 0.25) is 0 Å². The average molecular weight is 273 g/mol. The van der Waals surface area contributed by atoms with Gasteiger partial charge in [0.1, 0.15) is 5.75 Å². The third-order valence-corrected chi connectivity index (χ3v) is 2.79. The molecule has 6 nitrogen and oxygen atoms in total. The number of ether oxygens (including phenoxy) is 1. The fourth-order valence-corrected chi connectivity index (χ4v) is 1.89. The van der Waals surface area contributed by atoms with Crippen LogP contribution in [-0.4, -0.2) is 34.4 Å². The average Bonchev–Trinajstić information content (AvgIpc) is 2.23. The molecule has 1 aromatic rings. The van der Waals surface area contributed by atoms with E-state index in [1.165, 1.54) is 0 Å². The predicted molar refractivity (Wildman–Crippen MR) is 73.4 cm³/mol. The maximum Gasteiger partial charge on any atom is 0.208 e. The van der Waals surface area contributed by atoms with Gasteiger partial charge in [-0.25, -0.2) is 13.1 Å². The monoisotopic (exact) mass is 273 g/mol. The Balaban J connectivity index is 2.51. The largest absolute Gasteiger partial charge is 0.494 e. The van der Waals surface area contributed by atoms with Crippen molar-refractivity contribution in [1.29, 1.82) is 0 Å². The topological polar surface area (TPSA) is 93.4 Å². The van der Waals surface area contributed by atoms with Gasteiger partial charge in [0.25, 0.3) is 0 Å². The van der Waals surface area contributed by atoms with E-state index in [0.29, 0.717) is 31.1 Å². The van der Waals surface area contributed by atoms with E-state index in [1.807, 2.05) is 13.0 Å². The molecule has 0 saturated heterocycles. The maximum absolute atomic E-state index is 10.9. The lowest BCUT2D eigenvalue weighted by Gasteiger charge is -2.10. The second kappa shape index (κ2) is 6.46. The molecule has 7 heteroatoms. The van der Waals surface area contributed by atoms with E-state index in [1.54, 1.807) is 12.1 Å². The summed E-state index contributed by atoms with van der Waals surface area (Å²) in [7, 11) is -3.14. The highest BCUT2D eigenvalue weighted by molar-refractivity contribution is 7.88. The Morgan fingerprint density at radius 3 is 2.61 bits per heavy atom. The molecular formula is C11H19N3O3S. The zero-order chi connectivity index (χ0) is 13.6. The van der Waals surface area contributed by atoms with Gasteiger partial charge in [0.2, 0.25) is 10.0 Å². The first kappa shape index (κ1) is 14.6. The number of benzene rings is 1. The van der Waals surface area contributed by atoms with Crippen molar-refractivity contribution in [3.05, 3.63) is 18.2 Å². The maximum atomic E-state index is 10.9. The summed E-state index contributed by atoms with van der Waals surface area (Å²) in [5.41, 5.74) is 7.13. The van der Waals surface area contributed by atoms with Gasteiger partial charge in [0.05, 0.1) is 12.9 Å². The molecular weight excluding hydrogens is 254 g/mol. The molecule has 0 bridgehead atoms. The molecule has 0 fully saturated rings. The molecule has 0 unspecified atom stereocenters. The minimum atomic E-state index is -3.14. The van der Waals surface area contributed by atoms with Gasteiger partial charge in [0, 0.05) is 36.6 Å². The van der Waals surface area contributed by atoms with Crippen molar-refractivity contribution in [1.82, 2.24) is 4.72 Å². The number of hydrogen-bond acceptors (Lipinski definition) is 5. The van der Waals surface area contributed by atoms with E-state index in [4.69, 9.17) is 10.5 Å². The Morgan fingerprint density at radius 2 is 2.00 bits per heavy atom. The Morgan fingerprint density at radius 1 is 1.28 bits per heavy atom. The van der Waals surface area contributed by atoms with Crippen molar-refractivity contribution in [2.24, 2.45) is 0 Å². The molecule has 0 aromatic heterocycles. The summed E-state index contributed by atoms with van der Waals surface area (Å²) < 4.78 is 29.5. The number of anilines is 2. The van der Waals surface area contributed by atoms with Crippen LogP contribution in [0.5, 0.6) is 5.75 Å². The summed E-state index contributed by atoms with van der Waals surface area (Å²) in [5, 5.41) is 3.07. The Labute approximate surface area is 108 Å². The lowest BCUT2D eigenvalue weighted by atomic mass is 10.2. The normalized spacial score (nSPS) is 11.2. The van der Waals surface area contributed by atoms with Crippen LogP contribution >= 0.6 is 0 Å². The Kier molecular flexibility index (Phi) is 5.24. The van der Waals surface area contributed by atoms with Crippen LogP contribution in [0.4, 0.5) is 11.4 Å². The molecule has 0 heterocycles. The molecule has 0 spiro atoms. The number of hydrogen-bond donors (Lipinski definition) is 3. The van der Waals surface area contributed by atoms with E-state index in [-0.39, 0.29) is 0 Å². The van der Waals surface area contributed by atoms with Crippen LogP contribution in [0.15, 0.2) is 18.2 Å². The number of sulfonamides is 1. The molecule has 0 atom stereocenters. The first-order chi connectivity index (χ1) is 8.40. The number of nitrogen functional groups attached to an aromatic ring is 1. The zero-order valence-electron chi connectivity index (χ0n) is 10.6. The van der Waals surface area contributed by atoms with Crippen molar-refractivity contribution >= 4 is 21.4 Å². The van der Waals surface area contributed by atoms with Crippen LogP contribution in [0, 0.1) is 0 Å². The first-order valence-electron chi connectivity index (χ1n) is 5.62. The van der Waals surface area contributed by atoms with Crippen LogP contribution in [-0.2, 0) is 10.0 Å². The summed E-state index contributed by atoms with van der Waals surface area (Å²) in [4.78, 5) is 0. The summed E-state index contributed by atoms with van der Waals surface area (Å²) in [6, 6.07) is 5.33. The third-order valence-electron chi connectivity index (χ3n) is 2.06. The highest BCUT2D eigenvalue weighted by Crippen LogP contribution is 2.22. The lowest BCUT2D eigenvalue weighted by Crippen LogP contribution is -2.27. The molecule has 4 N–H and O–H groups in total. The van der Waals surface area contributed by atoms with Crippen LogP contribution in [0.3, 0.4) is 0 Å². The van der Waals surface area contributed by atoms with Crippen LogP contribution in [0.25, 0.3) is 0 Å². The minimum Gasteiger partial charge on any atom is -0.494 e. The summed E-state index contributed by atoms with van der Waals surface area (Å²) in [5.74, 6) is 0.691. The van der Waals surface area contributed by atoms with Gasteiger partial charge in [-0.2, -0.15) is 0 Å². The molecule has 0 aliphatic heterocycles. The fourth-order valence-electron chi connectivity index (χ4n) is 1.42. The van der Waals surface area contributed by atoms with E-state index in [9.17, 15) is 8.42 Å². The molecule has 18 heavy (non-hydrogen) atoms. The van der Waals surface area contributed by atoms with Gasteiger partial charge in [-0.1, -0.05) is 0 Å². The van der Waals surface area contributed by atoms with Crippen LogP contribution in [0.1, 0.15) is 6.92 Å². The molecule has 0 aliphatic carbocycles. The Bertz CT molecular complexity index is 488. The van der Waals surface area contributed by atoms with Crippen LogP contribution < -0.4 is 20.5 Å². The number of nitrogens with one attached hydrogen (secondary N) is 2. The Hall–Kier alpha value is -1.47. The summed E-state index contributed by atoms with van der Waals surface area (Å²) >= 11 is 0. The van der Waals surface area contributed by atoms with Crippen molar-refractivity contribution < 1.29 is 13.2 Å². The van der Waals surface area contributed by atoms with E-state index in [2.05, 4.69) is 10.0 Å².